The van der Waals surface area contributed by atoms with Gasteiger partial charge in [0.2, 0.25) is 0 Å². The Balaban J connectivity index is 2.23. The van der Waals surface area contributed by atoms with Crippen LogP contribution in [0, 0.1) is 0 Å². The maximum atomic E-state index is 13.2. The van der Waals surface area contributed by atoms with Crippen LogP contribution in [0.2, 0.25) is 0 Å². The third kappa shape index (κ3) is 4.89. The number of carbonyl (C=O) groups is 1. The second-order valence-electron chi connectivity index (χ2n) is 5.24. The standard InChI is InChI=1S/C18H18F3NO3/c1-3-12-8-9-16(14(10-12)18(19,20)21)25-11-13-6-4-5-7-15(13)22-17(23)24-2/h4-10H,3,11H2,1-2H3,(H,22,23). The molecule has 0 heterocycles. The average Bonchev–Trinajstić information content (AvgIpc) is 2.60. The third-order valence-electron chi connectivity index (χ3n) is 3.58. The molecule has 0 aromatic heterocycles. The summed E-state index contributed by atoms with van der Waals surface area (Å²) in [4.78, 5) is 11.3. The van der Waals surface area contributed by atoms with Crippen LogP contribution in [0.5, 0.6) is 5.75 Å². The molecule has 0 saturated carbocycles. The Morgan fingerprint density at radius 2 is 1.88 bits per heavy atom. The summed E-state index contributed by atoms with van der Waals surface area (Å²) in [5, 5.41) is 2.50. The van der Waals surface area contributed by atoms with Crippen molar-refractivity contribution in [1.29, 1.82) is 0 Å². The van der Waals surface area contributed by atoms with Crippen molar-refractivity contribution in [3.05, 3.63) is 59.2 Å². The Hall–Kier alpha value is -2.70. The molecule has 1 N–H and O–H groups in total. The Bertz CT molecular complexity index is 745. The molecule has 4 nitrogen and oxygen atoms in total. The van der Waals surface area contributed by atoms with Gasteiger partial charge in [0.15, 0.2) is 0 Å². The minimum Gasteiger partial charge on any atom is -0.488 e. The van der Waals surface area contributed by atoms with E-state index in [0.29, 0.717) is 23.2 Å². The summed E-state index contributed by atoms with van der Waals surface area (Å²) in [6, 6.07) is 10.7. The molecule has 0 atom stereocenters. The van der Waals surface area contributed by atoms with Gasteiger partial charge in [-0.25, -0.2) is 4.79 Å². The highest BCUT2D eigenvalue weighted by molar-refractivity contribution is 5.85. The molecule has 0 saturated heterocycles. The first-order chi connectivity index (χ1) is 11.8. The lowest BCUT2D eigenvalue weighted by Crippen LogP contribution is -2.14. The molecule has 25 heavy (non-hydrogen) atoms. The number of para-hydroxylation sites is 1. The van der Waals surface area contributed by atoms with Crippen LogP contribution in [0.15, 0.2) is 42.5 Å². The van der Waals surface area contributed by atoms with Gasteiger partial charge in [-0.05, 0) is 30.2 Å². The number of hydrogen-bond acceptors (Lipinski definition) is 3. The molecule has 1 amide bonds. The first-order valence-electron chi connectivity index (χ1n) is 7.61. The summed E-state index contributed by atoms with van der Waals surface area (Å²) in [7, 11) is 1.22. The van der Waals surface area contributed by atoms with E-state index in [1.807, 2.05) is 0 Å². The lowest BCUT2D eigenvalue weighted by atomic mass is 10.1. The zero-order valence-electron chi connectivity index (χ0n) is 13.8. The van der Waals surface area contributed by atoms with Crippen molar-refractivity contribution in [1.82, 2.24) is 0 Å². The summed E-state index contributed by atoms with van der Waals surface area (Å²) in [6.45, 7) is 1.65. The molecular weight excluding hydrogens is 335 g/mol. The highest BCUT2D eigenvalue weighted by Gasteiger charge is 2.34. The fourth-order valence-electron chi connectivity index (χ4n) is 2.23. The summed E-state index contributed by atoms with van der Waals surface area (Å²) in [5.41, 5.74) is 0.700. The second kappa shape index (κ2) is 7.92. The molecular formula is C18H18F3NO3. The minimum absolute atomic E-state index is 0.130. The third-order valence-corrected chi connectivity index (χ3v) is 3.58. The van der Waals surface area contributed by atoms with Gasteiger partial charge in [-0.2, -0.15) is 13.2 Å². The first kappa shape index (κ1) is 18.6. The Kier molecular flexibility index (Phi) is 5.90. The number of benzene rings is 2. The number of nitrogens with one attached hydrogen (secondary N) is 1. The van der Waals surface area contributed by atoms with Gasteiger partial charge in [0.05, 0.1) is 18.4 Å². The van der Waals surface area contributed by atoms with Crippen LogP contribution in [0.1, 0.15) is 23.6 Å². The Morgan fingerprint density at radius 1 is 1.16 bits per heavy atom. The number of rotatable bonds is 5. The number of hydrogen-bond donors (Lipinski definition) is 1. The van der Waals surface area contributed by atoms with Crippen LogP contribution < -0.4 is 10.1 Å². The van der Waals surface area contributed by atoms with E-state index >= 15 is 0 Å². The van der Waals surface area contributed by atoms with Crippen LogP contribution in [0.25, 0.3) is 0 Å². The number of alkyl halides is 3. The van der Waals surface area contributed by atoms with E-state index < -0.39 is 17.8 Å². The van der Waals surface area contributed by atoms with Gasteiger partial charge in [0.25, 0.3) is 0 Å². The monoisotopic (exact) mass is 353 g/mol. The molecule has 0 aliphatic rings. The van der Waals surface area contributed by atoms with Gasteiger partial charge in [-0.3, -0.25) is 5.32 Å². The zero-order chi connectivity index (χ0) is 18.4. The van der Waals surface area contributed by atoms with E-state index in [0.717, 1.165) is 6.07 Å². The fourth-order valence-corrected chi connectivity index (χ4v) is 2.23. The summed E-state index contributed by atoms with van der Waals surface area (Å²) in [5.74, 6) is -0.252. The van der Waals surface area contributed by atoms with Crippen molar-refractivity contribution >= 4 is 11.8 Å². The molecule has 2 rings (SSSR count). The highest BCUT2D eigenvalue weighted by Crippen LogP contribution is 2.37. The van der Waals surface area contributed by atoms with E-state index in [9.17, 15) is 18.0 Å². The van der Waals surface area contributed by atoms with E-state index in [1.54, 1.807) is 37.3 Å². The van der Waals surface area contributed by atoms with Crippen LogP contribution in [0.3, 0.4) is 0 Å². The van der Waals surface area contributed by atoms with Gasteiger partial charge in [-0.15, -0.1) is 0 Å². The van der Waals surface area contributed by atoms with Gasteiger partial charge in [-0.1, -0.05) is 31.2 Å². The summed E-state index contributed by atoms with van der Waals surface area (Å²) >= 11 is 0. The second-order valence-corrected chi connectivity index (χ2v) is 5.24. The minimum atomic E-state index is -4.51. The largest absolute Gasteiger partial charge is 0.488 e. The van der Waals surface area contributed by atoms with Crippen molar-refractivity contribution in [2.24, 2.45) is 0 Å². The lowest BCUT2D eigenvalue weighted by molar-refractivity contribution is -0.139. The quantitative estimate of drug-likeness (QED) is 0.820. The number of anilines is 1. The maximum Gasteiger partial charge on any atom is 0.419 e. The van der Waals surface area contributed by atoms with Gasteiger partial charge < -0.3 is 9.47 Å². The number of carbonyl (C=O) groups excluding carboxylic acids is 1. The van der Waals surface area contributed by atoms with E-state index in [2.05, 4.69) is 10.1 Å². The van der Waals surface area contributed by atoms with Gasteiger partial charge >= 0.3 is 12.3 Å². The number of ether oxygens (including phenoxy) is 2. The Morgan fingerprint density at radius 3 is 2.52 bits per heavy atom. The molecule has 7 heteroatoms. The van der Waals surface area contributed by atoms with E-state index in [-0.39, 0.29) is 12.4 Å². The summed E-state index contributed by atoms with van der Waals surface area (Å²) < 4.78 is 49.6. The molecule has 0 fully saturated rings. The molecule has 0 spiro atoms. The molecule has 0 bridgehead atoms. The SMILES string of the molecule is CCc1ccc(OCc2ccccc2NC(=O)OC)c(C(F)(F)F)c1. The summed E-state index contributed by atoms with van der Waals surface area (Å²) in [6.07, 6.45) is -4.68. The number of halogens is 3. The van der Waals surface area contributed by atoms with Crippen LogP contribution in [-0.4, -0.2) is 13.2 Å². The van der Waals surface area contributed by atoms with Crippen molar-refractivity contribution in [3.8, 4) is 5.75 Å². The van der Waals surface area contributed by atoms with Crippen LogP contribution in [0.4, 0.5) is 23.7 Å². The number of methoxy groups -OCH3 is 1. The molecule has 2 aromatic rings. The van der Waals surface area contributed by atoms with Crippen molar-refractivity contribution in [2.75, 3.05) is 12.4 Å². The maximum absolute atomic E-state index is 13.2. The molecule has 0 unspecified atom stereocenters. The number of amides is 1. The zero-order valence-corrected chi connectivity index (χ0v) is 13.8. The topological polar surface area (TPSA) is 47.6 Å². The van der Waals surface area contributed by atoms with Crippen LogP contribution in [-0.2, 0) is 23.9 Å². The lowest BCUT2D eigenvalue weighted by Gasteiger charge is -2.16. The average molecular weight is 353 g/mol. The van der Waals surface area contributed by atoms with E-state index in [1.165, 1.54) is 13.2 Å². The van der Waals surface area contributed by atoms with Gasteiger partial charge in [0.1, 0.15) is 12.4 Å². The molecule has 0 radical (unpaired) electrons. The normalized spacial score (nSPS) is 11.1. The molecule has 2 aromatic carbocycles. The molecule has 134 valence electrons. The molecule has 0 aliphatic heterocycles. The predicted octanol–water partition coefficient (Wildman–Crippen LogP) is 5.03. The highest BCUT2D eigenvalue weighted by atomic mass is 19.4. The van der Waals surface area contributed by atoms with E-state index in [4.69, 9.17) is 4.74 Å². The fraction of sp³-hybridized carbons (Fsp3) is 0.278. The predicted molar refractivity (Wildman–Crippen MR) is 87.6 cm³/mol. The smallest absolute Gasteiger partial charge is 0.419 e. The first-order valence-corrected chi connectivity index (χ1v) is 7.61. The number of aryl methyl sites for hydroxylation is 1. The van der Waals surface area contributed by atoms with Crippen LogP contribution >= 0.6 is 0 Å². The van der Waals surface area contributed by atoms with Crippen molar-refractivity contribution < 1.29 is 27.4 Å². The Labute approximate surface area is 143 Å². The van der Waals surface area contributed by atoms with Crippen molar-refractivity contribution in [3.63, 3.8) is 0 Å². The van der Waals surface area contributed by atoms with Crippen molar-refractivity contribution in [2.45, 2.75) is 26.1 Å². The van der Waals surface area contributed by atoms with Gasteiger partial charge in [0, 0.05) is 5.56 Å². The molecule has 0 aliphatic carbocycles.